The monoisotopic (exact) mass is 271 g/mol. The maximum atomic E-state index is 12.0. The van der Waals surface area contributed by atoms with Crippen molar-refractivity contribution >= 4 is 16.7 Å². The molecule has 0 saturated heterocycles. The van der Waals surface area contributed by atoms with E-state index in [1.165, 1.54) is 0 Å². The van der Waals surface area contributed by atoms with E-state index in [0.29, 0.717) is 18.0 Å². The van der Waals surface area contributed by atoms with E-state index >= 15 is 0 Å². The molecule has 0 aliphatic rings. The first kappa shape index (κ1) is 14.5. The Bertz CT molecular complexity index is 580. The van der Waals surface area contributed by atoms with Crippen molar-refractivity contribution < 1.29 is 9.90 Å². The second kappa shape index (κ2) is 7.06. The van der Waals surface area contributed by atoms with Gasteiger partial charge >= 0.3 is 0 Å². The van der Waals surface area contributed by atoms with E-state index in [-0.39, 0.29) is 12.5 Å². The van der Waals surface area contributed by atoms with Crippen LogP contribution in [0.4, 0.5) is 0 Å². The fraction of sp³-hybridized carbons (Fsp3) is 0.353. The van der Waals surface area contributed by atoms with Crippen LogP contribution >= 0.6 is 0 Å². The molecule has 2 N–H and O–H groups in total. The van der Waals surface area contributed by atoms with E-state index in [2.05, 4.69) is 5.32 Å². The fourth-order valence-electron chi connectivity index (χ4n) is 2.18. The molecule has 0 spiro atoms. The molecule has 0 aromatic heterocycles. The summed E-state index contributed by atoms with van der Waals surface area (Å²) in [5.41, 5.74) is 0.693. The smallest absolute Gasteiger partial charge is 0.251 e. The van der Waals surface area contributed by atoms with E-state index in [1.54, 1.807) is 0 Å². The van der Waals surface area contributed by atoms with Gasteiger partial charge in [0.2, 0.25) is 0 Å². The number of hydrogen-bond acceptors (Lipinski definition) is 2. The topological polar surface area (TPSA) is 49.3 Å². The lowest BCUT2D eigenvalue weighted by molar-refractivity contribution is 0.0952. The molecule has 2 aromatic rings. The third-order valence-electron chi connectivity index (χ3n) is 3.48. The Hall–Kier alpha value is -1.87. The van der Waals surface area contributed by atoms with Crippen LogP contribution in [-0.4, -0.2) is 24.2 Å². The van der Waals surface area contributed by atoms with Crippen molar-refractivity contribution in [1.82, 2.24) is 5.32 Å². The van der Waals surface area contributed by atoms with E-state index in [0.717, 1.165) is 23.6 Å². The van der Waals surface area contributed by atoms with Gasteiger partial charge in [0.15, 0.2) is 0 Å². The Morgan fingerprint density at radius 3 is 2.70 bits per heavy atom. The van der Waals surface area contributed by atoms with Crippen LogP contribution in [0.3, 0.4) is 0 Å². The van der Waals surface area contributed by atoms with Gasteiger partial charge in [-0.15, -0.1) is 0 Å². The van der Waals surface area contributed by atoms with Crippen LogP contribution in [0.1, 0.15) is 30.1 Å². The molecule has 3 heteroatoms. The van der Waals surface area contributed by atoms with Gasteiger partial charge in [0.05, 0.1) is 0 Å². The largest absolute Gasteiger partial charge is 0.396 e. The molecule has 2 rings (SSSR count). The van der Waals surface area contributed by atoms with Crippen LogP contribution in [0, 0.1) is 5.92 Å². The maximum absolute atomic E-state index is 12.0. The molecule has 0 heterocycles. The predicted molar refractivity (Wildman–Crippen MR) is 81.8 cm³/mol. The van der Waals surface area contributed by atoms with Crippen molar-refractivity contribution in [2.75, 3.05) is 13.2 Å². The third-order valence-corrected chi connectivity index (χ3v) is 3.48. The summed E-state index contributed by atoms with van der Waals surface area (Å²) >= 11 is 0. The Labute approximate surface area is 119 Å². The van der Waals surface area contributed by atoms with E-state index in [9.17, 15) is 4.79 Å². The number of carbonyl (C=O) groups is 1. The van der Waals surface area contributed by atoms with Crippen molar-refractivity contribution in [3.63, 3.8) is 0 Å². The summed E-state index contributed by atoms with van der Waals surface area (Å²) in [4.78, 5) is 12.0. The number of rotatable bonds is 6. The normalized spacial score (nSPS) is 12.3. The number of aliphatic hydroxyl groups is 1. The number of hydrogen-bond donors (Lipinski definition) is 2. The number of carbonyl (C=O) groups excluding carboxylic acids is 1. The van der Waals surface area contributed by atoms with Crippen molar-refractivity contribution in [3.05, 3.63) is 48.0 Å². The van der Waals surface area contributed by atoms with Crippen LogP contribution in [-0.2, 0) is 0 Å². The fourth-order valence-corrected chi connectivity index (χ4v) is 2.18. The van der Waals surface area contributed by atoms with E-state index < -0.39 is 0 Å². The van der Waals surface area contributed by atoms with Gasteiger partial charge in [-0.3, -0.25) is 4.79 Å². The van der Waals surface area contributed by atoms with E-state index in [1.807, 2.05) is 49.4 Å². The Kier molecular flexibility index (Phi) is 5.13. The average molecular weight is 271 g/mol. The zero-order valence-electron chi connectivity index (χ0n) is 11.8. The lowest BCUT2D eigenvalue weighted by Gasteiger charge is -2.09. The summed E-state index contributed by atoms with van der Waals surface area (Å²) in [6.07, 6.45) is 1.82. The predicted octanol–water partition coefficient (Wildman–Crippen LogP) is 2.98. The molecule has 0 aliphatic heterocycles. The zero-order chi connectivity index (χ0) is 14.4. The molecule has 1 amide bonds. The standard InChI is InChI=1S/C17H21NO2/c1-13(12-19)5-4-10-18-17(20)16-9-8-14-6-2-3-7-15(14)11-16/h2-3,6-9,11,13,19H,4-5,10,12H2,1H3,(H,18,20). The minimum absolute atomic E-state index is 0.0348. The molecule has 0 radical (unpaired) electrons. The van der Waals surface area contributed by atoms with Gasteiger partial charge < -0.3 is 10.4 Å². The first-order valence-electron chi connectivity index (χ1n) is 7.08. The Balaban J connectivity index is 1.91. The highest BCUT2D eigenvalue weighted by Crippen LogP contribution is 2.15. The van der Waals surface area contributed by atoms with Gasteiger partial charge in [-0.1, -0.05) is 37.3 Å². The van der Waals surface area contributed by atoms with Crippen LogP contribution < -0.4 is 5.32 Å². The number of benzene rings is 2. The van der Waals surface area contributed by atoms with Crippen molar-refractivity contribution in [2.45, 2.75) is 19.8 Å². The molecular weight excluding hydrogens is 250 g/mol. The first-order valence-corrected chi connectivity index (χ1v) is 7.08. The number of nitrogens with one attached hydrogen (secondary N) is 1. The lowest BCUT2D eigenvalue weighted by Crippen LogP contribution is -2.24. The summed E-state index contributed by atoms with van der Waals surface area (Å²) in [7, 11) is 0. The summed E-state index contributed by atoms with van der Waals surface area (Å²) in [5.74, 6) is 0.264. The second-order valence-electron chi connectivity index (χ2n) is 5.25. The minimum atomic E-state index is -0.0348. The summed E-state index contributed by atoms with van der Waals surface area (Å²) in [5, 5.41) is 14.1. The lowest BCUT2D eigenvalue weighted by atomic mass is 10.1. The first-order chi connectivity index (χ1) is 9.70. The number of fused-ring (bicyclic) bond motifs is 1. The van der Waals surface area contributed by atoms with Crippen LogP contribution in [0.25, 0.3) is 10.8 Å². The molecule has 0 bridgehead atoms. The van der Waals surface area contributed by atoms with Gasteiger partial charge in [0, 0.05) is 18.7 Å². The van der Waals surface area contributed by atoms with Gasteiger partial charge in [-0.05, 0) is 41.7 Å². The van der Waals surface area contributed by atoms with Crippen LogP contribution in [0.5, 0.6) is 0 Å². The van der Waals surface area contributed by atoms with Crippen LogP contribution in [0.2, 0.25) is 0 Å². The highest BCUT2D eigenvalue weighted by atomic mass is 16.3. The summed E-state index contributed by atoms with van der Waals surface area (Å²) in [6, 6.07) is 13.8. The van der Waals surface area contributed by atoms with Gasteiger partial charge in [0.25, 0.3) is 5.91 Å². The highest BCUT2D eigenvalue weighted by Gasteiger charge is 2.06. The van der Waals surface area contributed by atoms with Crippen LogP contribution in [0.15, 0.2) is 42.5 Å². The van der Waals surface area contributed by atoms with Crippen molar-refractivity contribution in [3.8, 4) is 0 Å². The molecule has 0 aliphatic carbocycles. The van der Waals surface area contributed by atoms with Crippen molar-refractivity contribution in [2.24, 2.45) is 5.92 Å². The number of amides is 1. The Morgan fingerprint density at radius 2 is 1.95 bits per heavy atom. The molecule has 1 unspecified atom stereocenters. The zero-order valence-corrected chi connectivity index (χ0v) is 11.8. The second-order valence-corrected chi connectivity index (χ2v) is 5.25. The molecule has 20 heavy (non-hydrogen) atoms. The third kappa shape index (κ3) is 3.81. The van der Waals surface area contributed by atoms with Gasteiger partial charge in [0.1, 0.15) is 0 Å². The molecule has 1 atom stereocenters. The molecule has 0 saturated carbocycles. The number of aliphatic hydroxyl groups excluding tert-OH is 1. The van der Waals surface area contributed by atoms with E-state index in [4.69, 9.17) is 5.11 Å². The van der Waals surface area contributed by atoms with Crippen molar-refractivity contribution in [1.29, 1.82) is 0 Å². The maximum Gasteiger partial charge on any atom is 0.251 e. The average Bonchev–Trinajstić information content (AvgIpc) is 2.50. The SMILES string of the molecule is CC(CO)CCCNC(=O)c1ccc2ccccc2c1. The van der Waals surface area contributed by atoms with Gasteiger partial charge in [-0.2, -0.15) is 0 Å². The summed E-state index contributed by atoms with van der Waals surface area (Å²) < 4.78 is 0. The van der Waals surface area contributed by atoms with Gasteiger partial charge in [-0.25, -0.2) is 0 Å². The molecule has 3 nitrogen and oxygen atoms in total. The Morgan fingerprint density at radius 1 is 1.20 bits per heavy atom. The molecular formula is C17H21NO2. The molecule has 2 aromatic carbocycles. The molecule has 0 fully saturated rings. The summed E-state index contributed by atoms with van der Waals surface area (Å²) in [6.45, 7) is 2.86. The molecule has 106 valence electrons. The highest BCUT2D eigenvalue weighted by molar-refractivity contribution is 5.98. The minimum Gasteiger partial charge on any atom is -0.396 e. The quantitative estimate of drug-likeness (QED) is 0.794.